The molecular weight excluding hydrogens is 920 g/mol. The maximum Gasteiger partial charge on any atom is 0.341 e. The van der Waals surface area contributed by atoms with Gasteiger partial charge in [0.2, 0.25) is 11.5 Å². The summed E-state index contributed by atoms with van der Waals surface area (Å²) in [5.41, 5.74) is -4.61. The molecule has 8 rings (SSSR count). The van der Waals surface area contributed by atoms with Gasteiger partial charge in [-0.2, -0.15) is 0 Å². The summed E-state index contributed by atoms with van der Waals surface area (Å²) < 4.78 is 28.7. The molecule has 2 aliphatic rings. The maximum absolute atomic E-state index is 14.5. The van der Waals surface area contributed by atoms with Crippen molar-refractivity contribution in [3.05, 3.63) is 99.6 Å². The van der Waals surface area contributed by atoms with Crippen molar-refractivity contribution in [1.82, 2.24) is 0 Å². The van der Waals surface area contributed by atoms with Gasteiger partial charge in [0.05, 0.1) is 16.7 Å². The van der Waals surface area contributed by atoms with E-state index in [0.29, 0.717) is 24.3 Å². The largest absolute Gasteiger partial charge is 0.508 e. The molecular formula is C46H36O23. The Bertz CT molecular complexity index is 3110. The number of carbonyl (C=O) groups excluding carboxylic acids is 3. The molecule has 2 heterocycles. The van der Waals surface area contributed by atoms with Crippen molar-refractivity contribution < 1.29 is 115 Å². The molecule has 2 aliphatic heterocycles. The molecule has 0 saturated carbocycles. The molecule has 0 fully saturated rings. The van der Waals surface area contributed by atoms with Gasteiger partial charge in [0.1, 0.15) is 40.6 Å². The molecule has 0 amide bonds. The minimum Gasteiger partial charge on any atom is -0.508 e. The lowest BCUT2D eigenvalue weighted by Gasteiger charge is -2.35. The van der Waals surface area contributed by atoms with Crippen molar-refractivity contribution in [3.63, 3.8) is 0 Å². The van der Waals surface area contributed by atoms with E-state index >= 15 is 0 Å². The van der Waals surface area contributed by atoms with E-state index in [0.717, 1.165) is 36.4 Å². The second-order valence-corrected chi connectivity index (χ2v) is 15.7. The van der Waals surface area contributed by atoms with Crippen molar-refractivity contribution in [1.29, 1.82) is 0 Å². The Morgan fingerprint density at radius 2 is 1.00 bits per heavy atom. The number of fused-ring (bicyclic) bond motifs is 2. The van der Waals surface area contributed by atoms with E-state index in [1.807, 2.05) is 0 Å². The molecule has 358 valence electrons. The van der Waals surface area contributed by atoms with E-state index in [4.69, 9.17) is 23.7 Å². The molecule has 69 heavy (non-hydrogen) atoms. The van der Waals surface area contributed by atoms with Gasteiger partial charge in [0.25, 0.3) is 6.29 Å². The minimum atomic E-state index is -2.07. The van der Waals surface area contributed by atoms with Crippen LogP contribution < -0.4 is 9.47 Å². The number of phenols is 15. The fourth-order valence-corrected chi connectivity index (χ4v) is 7.77. The van der Waals surface area contributed by atoms with Gasteiger partial charge >= 0.3 is 17.9 Å². The molecule has 23 heteroatoms. The smallest absolute Gasteiger partial charge is 0.341 e. The van der Waals surface area contributed by atoms with Crippen molar-refractivity contribution in [2.75, 3.05) is 0 Å². The quantitative estimate of drug-likeness (QED) is 0.0567. The van der Waals surface area contributed by atoms with Gasteiger partial charge in [0, 0.05) is 64.4 Å². The summed E-state index contributed by atoms with van der Waals surface area (Å²) >= 11 is 0. The zero-order chi connectivity index (χ0) is 50.1. The summed E-state index contributed by atoms with van der Waals surface area (Å²) in [5, 5.41) is 159. The summed E-state index contributed by atoms with van der Waals surface area (Å²) in [7, 11) is 0. The second-order valence-electron chi connectivity index (χ2n) is 15.7. The highest BCUT2D eigenvalue weighted by atomic mass is 16.7. The molecule has 0 saturated heterocycles. The van der Waals surface area contributed by atoms with Gasteiger partial charge in [-0.15, -0.1) is 0 Å². The molecule has 0 spiro atoms. The number of benzene rings is 6. The van der Waals surface area contributed by atoms with Crippen LogP contribution in [0.3, 0.4) is 0 Å². The first-order valence-corrected chi connectivity index (χ1v) is 19.9. The van der Waals surface area contributed by atoms with E-state index in [9.17, 15) is 91.0 Å². The minimum absolute atomic E-state index is 0.00221. The SMILES string of the molecule is Cc1c(O)cc(C(=O)O[C@@H]2Cc3c(O)cc(O)cc3O[C@@H]2c2cc(O)c(O)c(O)c2-c2c(C(=O)O[C@H]3Cc4cc(O)cc(O)c4O[C@H]3OC(=O)c3cc(O)c(O)c(O)c3)cc(O)c(O)c2O)cc1O. The number of carbonyl (C=O) groups is 3. The average Bonchev–Trinajstić information content (AvgIpc) is 3.28. The maximum atomic E-state index is 14.5. The monoisotopic (exact) mass is 956 g/mol. The number of phenolic OH excluding ortho intramolecular Hbond substituents is 15. The fraction of sp³-hybridized carbons (Fsp3) is 0.152. The van der Waals surface area contributed by atoms with Crippen LogP contribution in [0.2, 0.25) is 0 Å². The molecule has 23 nitrogen and oxygen atoms in total. The number of rotatable bonds is 8. The Kier molecular flexibility index (Phi) is 11.3. The van der Waals surface area contributed by atoms with Crippen LogP contribution in [0.15, 0.2) is 60.7 Å². The Labute approximate surface area is 384 Å². The summed E-state index contributed by atoms with van der Waals surface area (Å²) in [6.45, 7) is 1.35. The van der Waals surface area contributed by atoms with Crippen LogP contribution in [0.5, 0.6) is 97.7 Å². The number of ether oxygens (including phenoxy) is 5. The van der Waals surface area contributed by atoms with Gasteiger partial charge in [-0.25, -0.2) is 14.4 Å². The molecule has 6 aromatic carbocycles. The lowest BCUT2D eigenvalue weighted by atomic mass is 9.86. The van der Waals surface area contributed by atoms with Crippen molar-refractivity contribution in [2.45, 2.75) is 44.4 Å². The molecule has 0 bridgehead atoms. The fourth-order valence-electron chi connectivity index (χ4n) is 7.77. The highest BCUT2D eigenvalue weighted by molar-refractivity contribution is 6.03. The van der Waals surface area contributed by atoms with Crippen LogP contribution in [0.1, 0.15) is 59.4 Å². The average molecular weight is 957 g/mol. The van der Waals surface area contributed by atoms with Crippen LogP contribution in [0.25, 0.3) is 11.1 Å². The topological polar surface area (TPSA) is 401 Å². The summed E-state index contributed by atoms with van der Waals surface area (Å²) in [6.07, 6.45) is -8.58. The van der Waals surface area contributed by atoms with Crippen molar-refractivity contribution >= 4 is 17.9 Å². The van der Waals surface area contributed by atoms with Crippen molar-refractivity contribution in [2.24, 2.45) is 0 Å². The second kappa shape index (κ2) is 17.0. The molecule has 4 atom stereocenters. The lowest BCUT2D eigenvalue weighted by molar-refractivity contribution is -0.127. The molecule has 0 radical (unpaired) electrons. The van der Waals surface area contributed by atoms with Gasteiger partial charge in [0.15, 0.2) is 64.0 Å². The predicted octanol–water partition coefficient (Wildman–Crippen LogP) is 4.49. The third kappa shape index (κ3) is 8.19. The highest BCUT2D eigenvalue weighted by Gasteiger charge is 2.43. The zero-order valence-electron chi connectivity index (χ0n) is 35.0. The lowest BCUT2D eigenvalue weighted by Crippen LogP contribution is -2.43. The summed E-state index contributed by atoms with van der Waals surface area (Å²) in [4.78, 5) is 41.6. The standard InChI is InChI=1S/C46H36O23/c1-14-23(49)3-16(4-24(14)50)43(62)66-32-13-20-25(51)8-19(48)10-31(20)65-42(32)21-11-28(54)37(58)39(60)34(21)35-22(12-29(55)38(59)40(35)61)45(64)67-33-7-15-2-18(47)9-30(56)41(15)68-46(33)69-44(63)17-5-26(52)36(57)27(53)6-17/h2-6,8-12,32-33,42,46-61H,7,13H2,1H3/t32-,33+,42-,46+/m1/s1. The molecule has 6 aromatic rings. The summed E-state index contributed by atoms with van der Waals surface area (Å²) in [5.74, 6) is -18.9. The third-order valence-corrected chi connectivity index (χ3v) is 11.2. The van der Waals surface area contributed by atoms with E-state index in [1.54, 1.807) is 0 Å². The van der Waals surface area contributed by atoms with Crippen LogP contribution in [-0.2, 0) is 27.1 Å². The number of hydrogen-bond donors (Lipinski definition) is 15. The number of esters is 3. The Balaban J connectivity index is 1.25. The van der Waals surface area contributed by atoms with Gasteiger partial charge in [-0.05, 0) is 49.4 Å². The molecule has 15 N–H and O–H groups in total. The van der Waals surface area contributed by atoms with E-state index < -0.39 is 175 Å². The highest BCUT2D eigenvalue weighted by Crippen LogP contribution is 2.56. The Morgan fingerprint density at radius 3 is 1.64 bits per heavy atom. The predicted molar refractivity (Wildman–Crippen MR) is 226 cm³/mol. The van der Waals surface area contributed by atoms with Crippen LogP contribution in [0.4, 0.5) is 0 Å². The van der Waals surface area contributed by atoms with E-state index in [1.165, 1.54) is 6.92 Å². The van der Waals surface area contributed by atoms with E-state index in [-0.39, 0.29) is 28.2 Å². The van der Waals surface area contributed by atoms with Crippen LogP contribution in [0, 0.1) is 6.92 Å². The molecule has 0 aromatic heterocycles. The molecule has 0 aliphatic carbocycles. The zero-order valence-corrected chi connectivity index (χ0v) is 35.0. The Hall–Kier alpha value is -9.67. The van der Waals surface area contributed by atoms with Crippen molar-refractivity contribution in [3.8, 4) is 109 Å². The van der Waals surface area contributed by atoms with Gasteiger partial charge in [-0.3, -0.25) is 0 Å². The van der Waals surface area contributed by atoms with Crippen LogP contribution >= 0.6 is 0 Å². The third-order valence-electron chi connectivity index (χ3n) is 11.2. The first kappa shape index (κ1) is 45.9. The molecule has 0 unspecified atom stereocenters. The van der Waals surface area contributed by atoms with Gasteiger partial charge in [-0.1, -0.05) is 0 Å². The normalized spacial score (nSPS) is 17.1. The summed E-state index contributed by atoms with van der Waals surface area (Å²) in [6, 6.07) is 8.39. The Morgan fingerprint density at radius 1 is 0.478 bits per heavy atom. The van der Waals surface area contributed by atoms with Crippen LogP contribution in [-0.4, -0.2) is 113 Å². The first-order valence-electron chi connectivity index (χ1n) is 19.9. The van der Waals surface area contributed by atoms with Gasteiger partial charge < -0.3 is 100 Å². The number of hydrogen-bond acceptors (Lipinski definition) is 23. The number of aromatic hydroxyl groups is 15. The van der Waals surface area contributed by atoms with E-state index in [2.05, 4.69) is 0 Å². The first-order chi connectivity index (χ1) is 32.5.